The Labute approximate surface area is 131 Å². The van der Waals surface area contributed by atoms with Crippen molar-refractivity contribution in [3.8, 4) is 0 Å². The number of benzene rings is 1. The predicted octanol–water partition coefficient (Wildman–Crippen LogP) is 3.04. The van der Waals surface area contributed by atoms with Gasteiger partial charge in [-0.25, -0.2) is 0 Å². The number of hydrogen-bond donors (Lipinski definition) is 2. The highest BCUT2D eigenvalue weighted by Gasteiger charge is 2.38. The molecule has 0 saturated heterocycles. The van der Waals surface area contributed by atoms with Crippen LogP contribution in [0.3, 0.4) is 0 Å². The molecule has 1 aromatic rings. The molecule has 0 heterocycles. The Bertz CT molecular complexity index is 442. The van der Waals surface area contributed by atoms with Gasteiger partial charge in [0.2, 0.25) is 5.91 Å². The lowest BCUT2D eigenvalue weighted by Crippen LogP contribution is -2.46. The van der Waals surface area contributed by atoms with Gasteiger partial charge in [-0.3, -0.25) is 4.79 Å². The molecule has 1 unspecified atom stereocenters. The first kappa shape index (κ1) is 17.3. The highest BCUT2D eigenvalue weighted by atomic mass is 35.5. The zero-order valence-electron chi connectivity index (χ0n) is 11.7. The summed E-state index contributed by atoms with van der Waals surface area (Å²) < 4.78 is 0. The third-order valence-corrected chi connectivity index (χ3v) is 4.15. The third-order valence-electron chi connectivity index (χ3n) is 3.90. The molecule has 0 aromatic heterocycles. The fraction of sp³-hybridized carbons (Fsp3) is 0.533. The van der Waals surface area contributed by atoms with E-state index in [-0.39, 0.29) is 29.8 Å². The Morgan fingerprint density at radius 2 is 2.00 bits per heavy atom. The first-order chi connectivity index (χ1) is 9.02. The van der Waals surface area contributed by atoms with Gasteiger partial charge < -0.3 is 11.1 Å². The number of nitrogens with one attached hydrogen (secondary N) is 1. The SMILES string of the molecule is CC(N)CC(=O)NCC1(c2ccc(Cl)cc2)CCC1.Cl. The van der Waals surface area contributed by atoms with E-state index in [1.54, 1.807) is 0 Å². The van der Waals surface area contributed by atoms with Crippen molar-refractivity contribution in [3.05, 3.63) is 34.9 Å². The quantitative estimate of drug-likeness (QED) is 0.877. The standard InChI is InChI=1S/C15H21ClN2O.ClH/c1-11(17)9-14(19)18-10-15(7-2-8-15)12-3-5-13(16)6-4-12;/h3-6,11H,2,7-10,17H2,1H3,(H,18,19);1H. The molecule has 1 aliphatic rings. The summed E-state index contributed by atoms with van der Waals surface area (Å²) in [4.78, 5) is 11.7. The second kappa shape index (κ2) is 7.30. The van der Waals surface area contributed by atoms with Crippen molar-refractivity contribution in [1.29, 1.82) is 0 Å². The average Bonchev–Trinajstić information content (AvgIpc) is 2.29. The summed E-state index contributed by atoms with van der Waals surface area (Å²) in [6, 6.07) is 7.88. The van der Waals surface area contributed by atoms with Crippen LogP contribution in [0.2, 0.25) is 5.02 Å². The van der Waals surface area contributed by atoms with Gasteiger partial charge in [-0.05, 0) is 37.5 Å². The smallest absolute Gasteiger partial charge is 0.221 e. The molecule has 3 N–H and O–H groups in total. The molecule has 0 bridgehead atoms. The maximum atomic E-state index is 11.7. The van der Waals surface area contributed by atoms with Crippen molar-refractivity contribution in [1.82, 2.24) is 5.32 Å². The molecule has 3 nitrogen and oxygen atoms in total. The Morgan fingerprint density at radius 1 is 1.40 bits per heavy atom. The van der Waals surface area contributed by atoms with E-state index in [9.17, 15) is 4.79 Å². The minimum atomic E-state index is -0.0899. The molecule has 0 spiro atoms. The van der Waals surface area contributed by atoms with Crippen molar-refractivity contribution in [2.75, 3.05) is 6.54 Å². The van der Waals surface area contributed by atoms with Crippen LogP contribution in [0.1, 0.15) is 38.2 Å². The molecule has 1 fully saturated rings. The zero-order valence-corrected chi connectivity index (χ0v) is 13.3. The van der Waals surface area contributed by atoms with E-state index in [0.717, 1.165) is 17.9 Å². The first-order valence-corrected chi connectivity index (χ1v) is 7.18. The highest BCUT2D eigenvalue weighted by molar-refractivity contribution is 6.30. The van der Waals surface area contributed by atoms with Crippen molar-refractivity contribution in [2.24, 2.45) is 5.73 Å². The first-order valence-electron chi connectivity index (χ1n) is 6.80. The molecular weight excluding hydrogens is 295 g/mol. The van der Waals surface area contributed by atoms with Gasteiger partial charge in [-0.15, -0.1) is 12.4 Å². The topological polar surface area (TPSA) is 55.1 Å². The summed E-state index contributed by atoms with van der Waals surface area (Å²) in [6.45, 7) is 2.54. The number of rotatable bonds is 5. The van der Waals surface area contributed by atoms with Gasteiger partial charge in [0.05, 0.1) is 0 Å². The molecule has 0 aliphatic heterocycles. The molecule has 20 heavy (non-hydrogen) atoms. The van der Waals surface area contributed by atoms with E-state index in [1.807, 2.05) is 19.1 Å². The van der Waals surface area contributed by atoms with Crippen LogP contribution in [-0.4, -0.2) is 18.5 Å². The van der Waals surface area contributed by atoms with E-state index in [0.29, 0.717) is 13.0 Å². The van der Waals surface area contributed by atoms with Gasteiger partial charge >= 0.3 is 0 Å². The summed E-state index contributed by atoms with van der Waals surface area (Å²) in [7, 11) is 0. The summed E-state index contributed by atoms with van der Waals surface area (Å²) in [5, 5.41) is 3.77. The molecule has 1 aliphatic carbocycles. The van der Waals surface area contributed by atoms with Crippen LogP contribution >= 0.6 is 24.0 Å². The van der Waals surface area contributed by atoms with E-state index >= 15 is 0 Å². The maximum absolute atomic E-state index is 11.7. The number of amides is 1. The number of carbonyl (C=O) groups excluding carboxylic acids is 1. The number of halogens is 2. The molecule has 2 rings (SSSR count). The lowest BCUT2D eigenvalue weighted by Gasteiger charge is -2.42. The Kier molecular flexibility index (Phi) is 6.31. The van der Waals surface area contributed by atoms with E-state index in [2.05, 4.69) is 17.4 Å². The minimum Gasteiger partial charge on any atom is -0.355 e. The van der Waals surface area contributed by atoms with Crippen LogP contribution in [0.25, 0.3) is 0 Å². The lowest BCUT2D eigenvalue weighted by atomic mass is 9.64. The minimum absolute atomic E-state index is 0. The van der Waals surface area contributed by atoms with Gasteiger partial charge in [0.25, 0.3) is 0 Å². The van der Waals surface area contributed by atoms with Gasteiger partial charge in [0, 0.05) is 29.4 Å². The molecule has 1 aromatic carbocycles. The molecule has 0 radical (unpaired) electrons. The molecule has 1 amide bonds. The Hall–Kier alpha value is -0.770. The lowest BCUT2D eigenvalue weighted by molar-refractivity contribution is -0.121. The normalized spacial score (nSPS) is 17.6. The summed E-state index contributed by atoms with van der Waals surface area (Å²) in [6.07, 6.45) is 3.84. The summed E-state index contributed by atoms with van der Waals surface area (Å²) in [5.74, 6) is 0.0373. The van der Waals surface area contributed by atoms with Crippen molar-refractivity contribution < 1.29 is 4.79 Å². The van der Waals surface area contributed by atoms with Crippen molar-refractivity contribution in [3.63, 3.8) is 0 Å². The van der Waals surface area contributed by atoms with Gasteiger partial charge in [-0.1, -0.05) is 30.2 Å². The molecule has 112 valence electrons. The van der Waals surface area contributed by atoms with Gasteiger partial charge in [0.15, 0.2) is 0 Å². The second-order valence-electron chi connectivity index (χ2n) is 5.60. The summed E-state index contributed by atoms with van der Waals surface area (Å²) in [5.41, 5.74) is 6.99. The van der Waals surface area contributed by atoms with Crippen molar-refractivity contribution >= 4 is 29.9 Å². The van der Waals surface area contributed by atoms with E-state index < -0.39 is 0 Å². The number of carbonyl (C=O) groups is 1. The average molecular weight is 317 g/mol. The fourth-order valence-corrected chi connectivity index (χ4v) is 2.73. The maximum Gasteiger partial charge on any atom is 0.221 e. The highest BCUT2D eigenvalue weighted by Crippen LogP contribution is 2.43. The molecule has 1 atom stereocenters. The molecule has 5 heteroatoms. The third kappa shape index (κ3) is 4.11. The van der Waals surface area contributed by atoms with Gasteiger partial charge in [-0.2, -0.15) is 0 Å². The van der Waals surface area contributed by atoms with Crippen LogP contribution in [0.15, 0.2) is 24.3 Å². The number of hydrogen-bond acceptors (Lipinski definition) is 2. The van der Waals surface area contributed by atoms with E-state index in [1.165, 1.54) is 12.0 Å². The Morgan fingerprint density at radius 3 is 2.45 bits per heavy atom. The predicted molar refractivity (Wildman–Crippen MR) is 85.5 cm³/mol. The molecular formula is C15H22Cl2N2O. The summed E-state index contributed by atoms with van der Waals surface area (Å²) >= 11 is 5.92. The number of nitrogens with two attached hydrogens (primary N) is 1. The van der Waals surface area contributed by atoms with Crippen molar-refractivity contribution in [2.45, 2.75) is 44.1 Å². The van der Waals surface area contributed by atoms with Crippen LogP contribution < -0.4 is 11.1 Å². The largest absolute Gasteiger partial charge is 0.355 e. The van der Waals surface area contributed by atoms with Gasteiger partial charge in [0.1, 0.15) is 0 Å². The second-order valence-corrected chi connectivity index (χ2v) is 6.04. The zero-order chi connectivity index (χ0) is 13.9. The van der Waals surface area contributed by atoms with Crippen LogP contribution in [0.4, 0.5) is 0 Å². The molecule has 1 saturated carbocycles. The van der Waals surface area contributed by atoms with Crippen LogP contribution in [0.5, 0.6) is 0 Å². The van der Waals surface area contributed by atoms with E-state index in [4.69, 9.17) is 17.3 Å². The fourth-order valence-electron chi connectivity index (χ4n) is 2.61. The van der Waals surface area contributed by atoms with Crippen LogP contribution in [0, 0.1) is 0 Å². The monoisotopic (exact) mass is 316 g/mol. The van der Waals surface area contributed by atoms with Crippen LogP contribution in [-0.2, 0) is 10.2 Å². The Balaban J connectivity index is 0.00000200.